The van der Waals surface area contributed by atoms with Gasteiger partial charge >= 0.3 is 0 Å². The molecule has 3 heterocycles. The minimum absolute atomic E-state index is 0.146. The van der Waals surface area contributed by atoms with Crippen molar-refractivity contribution in [2.45, 2.75) is 25.6 Å². The number of furan rings is 1. The zero-order valence-electron chi connectivity index (χ0n) is 13.2. The van der Waals surface area contributed by atoms with Crippen molar-refractivity contribution in [1.29, 1.82) is 0 Å². The second kappa shape index (κ2) is 6.67. The third kappa shape index (κ3) is 3.00. The van der Waals surface area contributed by atoms with Gasteiger partial charge in [-0.2, -0.15) is 0 Å². The number of hydrogen-bond donors (Lipinski definition) is 0. The average molecular weight is 361 g/mol. The Labute approximate surface area is 151 Å². The first kappa shape index (κ1) is 15.8. The van der Waals surface area contributed by atoms with E-state index in [0.29, 0.717) is 10.0 Å². The van der Waals surface area contributed by atoms with Crippen molar-refractivity contribution in [2.75, 3.05) is 6.54 Å². The van der Waals surface area contributed by atoms with Crippen molar-refractivity contribution < 1.29 is 4.42 Å². The van der Waals surface area contributed by atoms with Gasteiger partial charge in [0.2, 0.25) is 0 Å². The van der Waals surface area contributed by atoms with E-state index >= 15 is 0 Å². The molecule has 0 radical (unpaired) electrons. The van der Waals surface area contributed by atoms with Crippen LogP contribution in [0.5, 0.6) is 0 Å². The second-order valence-electron chi connectivity index (χ2n) is 6.16. The topological polar surface area (TPSA) is 21.3 Å². The van der Waals surface area contributed by atoms with Crippen LogP contribution in [0, 0.1) is 0 Å². The molecule has 5 heteroatoms. The minimum atomic E-state index is 0.146. The number of halogens is 2. The number of rotatable bonds is 3. The molecule has 0 bridgehead atoms. The fraction of sp³-hybridized carbons (Fsp3) is 0.263. The van der Waals surface area contributed by atoms with Crippen LogP contribution in [0.15, 0.2) is 59.5 Å². The summed E-state index contributed by atoms with van der Waals surface area (Å²) >= 11 is 12.4. The van der Waals surface area contributed by atoms with E-state index in [2.05, 4.69) is 33.9 Å². The monoisotopic (exact) mass is 360 g/mol. The van der Waals surface area contributed by atoms with Crippen LogP contribution in [0.2, 0.25) is 10.0 Å². The predicted molar refractivity (Wildman–Crippen MR) is 96.5 cm³/mol. The molecule has 2 aromatic heterocycles. The number of nitrogens with zero attached hydrogens (tertiary/aromatic N) is 2. The van der Waals surface area contributed by atoms with E-state index < -0.39 is 0 Å². The zero-order chi connectivity index (χ0) is 16.5. The van der Waals surface area contributed by atoms with Crippen LogP contribution in [0.25, 0.3) is 0 Å². The van der Waals surface area contributed by atoms with Crippen molar-refractivity contribution in [3.05, 3.63) is 82.0 Å². The number of fused-ring (bicyclic) bond motifs is 1. The van der Waals surface area contributed by atoms with Crippen molar-refractivity contribution in [3.63, 3.8) is 0 Å². The molecule has 0 saturated heterocycles. The zero-order valence-corrected chi connectivity index (χ0v) is 14.7. The quantitative estimate of drug-likeness (QED) is 0.624. The number of hydrogen-bond acceptors (Lipinski definition) is 2. The lowest BCUT2D eigenvalue weighted by Gasteiger charge is -2.30. The summed E-state index contributed by atoms with van der Waals surface area (Å²) < 4.78 is 7.58. The molecular formula is C19H18Cl2N2O. The maximum absolute atomic E-state index is 6.29. The first-order valence-corrected chi connectivity index (χ1v) is 8.83. The largest absolute Gasteiger partial charge is 0.472 e. The molecule has 1 atom stereocenters. The smallest absolute Gasteiger partial charge is 0.0947 e. The summed E-state index contributed by atoms with van der Waals surface area (Å²) in [4.78, 5) is 2.48. The molecule has 24 heavy (non-hydrogen) atoms. The van der Waals surface area contributed by atoms with Gasteiger partial charge in [0.25, 0.3) is 0 Å². The number of aryl methyl sites for hydroxylation is 1. The SMILES string of the molecule is Clc1ccc([C@@H]2c3cccn3CCCN2Cc2ccoc2)cc1Cl. The summed E-state index contributed by atoms with van der Waals surface area (Å²) in [6.07, 6.45) is 6.80. The molecule has 1 aliphatic heterocycles. The van der Waals surface area contributed by atoms with Gasteiger partial charge in [0.05, 0.1) is 28.6 Å². The molecule has 3 aromatic rings. The summed E-state index contributed by atoms with van der Waals surface area (Å²) in [5.74, 6) is 0. The maximum Gasteiger partial charge on any atom is 0.0947 e. The van der Waals surface area contributed by atoms with E-state index in [-0.39, 0.29) is 6.04 Å². The van der Waals surface area contributed by atoms with E-state index in [4.69, 9.17) is 27.6 Å². The highest BCUT2D eigenvalue weighted by Gasteiger charge is 2.28. The van der Waals surface area contributed by atoms with Gasteiger partial charge in [-0.15, -0.1) is 0 Å². The third-order valence-electron chi connectivity index (χ3n) is 4.58. The highest BCUT2D eigenvalue weighted by Crippen LogP contribution is 2.35. The normalized spacial score (nSPS) is 18.3. The average Bonchev–Trinajstić information content (AvgIpc) is 3.21. The van der Waals surface area contributed by atoms with Gasteiger partial charge in [0, 0.05) is 37.1 Å². The molecular weight excluding hydrogens is 343 g/mol. The molecule has 124 valence electrons. The molecule has 0 N–H and O–H groups in total. The first-order chi connectivity index (χ1) is 11.7. The van der Waals surface area contributed by atoms with Crippen LogP contribution < -0.4 is 0 Å². The lowest BCUT2D eigenvalue weighted by Crippen LogP contribution is -2.29. The minimum Gasteiger partial charge on any atom is -0.472 e. The Balaban J connectivity index is 1.77. The first-order valence-electron chi connectivity index (χ1n) is 8.07. The Bertz CT molecular complexity index is 826. The summed E-state index contributed by atoms with van der Waals surface area (Å²) in [5, 5.41) is 1.19. The van der Waals surface area contributed by atoms with E-state index in [9.17, 15) is 0 Å². The van der Waals surface area contributed by atoms with Crippen LogP contribution in [0.4, 0.5) is 0 Å². The summed E-state index contributed by atoms with van der Waals surface area (Å²) in [6.45, 7) is 2.88. The fourth-order valence-corrected chi connectivity index (χ4v) is 3.80. The van der Waals surface area contributed by atoms with Crippen LogP contribution >= 0.6 is 23.2 Å². The molecule has 0 unspecified atom stereocenters. The molecule has 0 spiro atoms. The molecule has 0 aliphatic carbocycles. The second-order valence-corrected chi connectivity index (χ2v) is 6.97. The lowest BCUT2D eigenvalue weighted by atomic mass is 10.0. The Morgan fingerprint density at radius 3 is 2.79 bits per heavy atom. The molecule has 0 saturated carbocycles. The van der Waals surface area contributed by atoms with Gasteiger partial charge in [-0.3, -0.25) is 4.90 Å². The molecule has 0 fully saturated rings. The predicted octanol–water partition coefficient (Wildman–Crippen LogP) is 5.38. The molecule has 1 aliphatic rings. The van der Waals surface area contributed by atoms with Gasteiger partial charge < -0.3 is 8.98 Å². The van der Waals surface area contributed by atoms with Gasteiger partial charge in [-0.1, -0.05) is 29.3 Å². The number of benzene rings is 1. The molecule has 1 aromatic carbocycles. The summed E-state index contributed by atoms with van der Waals surface area (Å²) in [5.41, 5.74) is 3.63. The standard InChI is InChI=1S/C19H18Cl2N2O/c20-16-5-4-15(11-17(16)21)19-18-3-1-7-22(18)8-2-9-23(19)12-14-6-10-24-13-14/h1,3-7,10-11,13,19H,2,8-9,12H2/t19-/m1/s1. The van der Waals surface area contributed by atoms with E-state index in [1.54, 1.807) is 6.26 Å². The summed E-state index contributed by atoms with van der Waals surface area (Å²) in [6, 6.07) is 12.4. The summed E-state index contributed by atoms with van der Waals surface area (Å²) in [7, 11) is 0. The van der Waals surface area contributed by atoms with Crippen LogP contribution in [-0.2, 0) is 13.1 Å². The van der Waals surface area contributed by atoms with E-state index in [0.717, 1.165) is 31.6 Å². The maximum atomic E-state index is 6.29. The molecule has 4 rings (SSSR count). The van der Waals surface area contributed by atoms with Crippen molar-refractivity contribution in [2.24, 2.45) is 0 Å². The number of aromatic nitrogens is 1. The van der Waals surface area contributed by atoms with Crippen LogP contribution in [-0.4, -0.2) is 16.0 Å². The Kier molecular flexibility index (Phi) is 4.40. The highest BCUT2D eigenvalue weighted by atomic mass is 35.5. The molecule has 3 nitrogen and oxygen atoms in total. The van der Waals surface area contributed by atoms with Gasteiger partial charge in [-0.05, 0) is 42.3 Å². The van der Waals surface area contributed by atoms with Crippen molar-refractivity contribution in [1.82, 2.24) is 9.47 Å². The van der Waals surface area contributed by atoms with Gasteiger partial charge in [0.1, 0.15) is 0 Å². The van der Waals surface area contributed by atoms with E-state index in [1.807, 2.05) is 24.5 Å². The van der Waals surface area contributed by atoms with Crippen molar-refractivity contribution >= 4 is 23.2 Å². The Morgan fingerprint density at radius 2 is 2.00 bits per heavy atom. The lowest BCUT2D eigenvalue weighted by molar-refractivity contribution is 0.220. The Hall–Kier alpha value is -1.68. The van der Waals surface area contributed by atoms with Crippen LogP contribution in [0.1, 0.15) is 29.3 Å². The van der Waals surface area contributed by atoms with Crippen LogP contribution in [0.3, 0.4) is 0 Å². The highest BCUT2D eigenvalue weighted by molar-refractivity contribution is 6.42. The molecule has 0 amide bonds. The van der Waals surface area contributed by atoms with E-state index in [1.165, 1.54) is 11.3 Å². The third-order valence-corrected chi connectivity index (χ3v) is 5.32. The van der Waals surface area contributed by atoms with Gasteiger partial charge in [-0.25, -0.2) is 0 Å². The van der Waals surface area contributed by atoms with Gasteiger partial charge in [0.15, 0.2) is 0 Å². The Morgan fingerprint density at radius 1 is 1.08 bits per heavy atom. The fourth-order valence-electron chi connectivity index (χ4n) is 3.49. The van der Waals surface area contributed by atoms with Crippen molar-refractivity contribution in [3.8, 4) is 0 Å².